The van der Waals surface area contributed by atoms with Gasteiger partial charge < -0.3 is 20.7 Å². The van der Waals surface area contributed by atoms with Crippen LogP contribution in [0, 0.1) is 11.8 Å². The van der Waals surface area contributed by atoms with Gasteiger partial charge in [-0.1, -0.05) is 12.8 Å². The van der Waals surface area contributed by atoms with Crippen molar-refractivity contribution in [3.05, 3.63) is 24.3 Å². The second-order valence-corrected chi connectivity index (χ2v) is 6.31. The van der Waals surface area contributed by atoms with Gasteiger partial charge in [0.15, 0.2) is 0 Å². The second-order valence-electron chi connectivity index (χ2n) is 6.31. The lowest BCUT2D eigenvalue weighted by Crippen LogP contribution is -2.43. The average Bonchev–Trinajstić information content (AvgIpc) is 2.61. The molecule has 0 aromatic heterocycles. The zero-order valence-electron chi connectivity index (χ0n) is 14.5. The normalized spacial score (nSPS) is 20.2. The second kappa shape index (κ2) is 8.57. The molecular weight excluding hydrogens is 306 g/mol. The maximum atomic E-state index is 12.4. The van der Waals surface area contributed by atoms with Gasteiger partial charge in [-0.25, -0.2) is 0 Å². The third kappa shape index (κ3) is 4.63. The molecule has 3 N–H and O–H groups in total. The maximum absolute atomic E-state index is 12.4. The van der Waals surface area contributed by atoms with E-state index in [4.69, 9.17) is 10.5 Å². The van der Waals surface area contributed by atoms with E-state index < -0.39 is 0 Å². The molecule has 2 rings (SSSR count). The number of primary amides is 1. The van der Waals surface area contributed by atoms with Crippen molar-refractivity contribution in [3.8, 4) is 5.75 Å². The quantitative estimate of drug-likeness (QED) is 0.793. The minimum atomic E-state index is -0.356. The van der Waals surface area contributed by atoms with E-state index in [1.165, 1.54) is 0 Å². The number of hydrogen-bond acceptors (Lipinski definition) is 4. The number of nitrogens with zero attached hydrogens (tertiary/aromatic N) is 1. The Kier molecular flexibility index (Phi) is 6.46. The summed E-state index contributed by atoms with van der Waals surface area (Å²) in [7, 11) is 3.61. The fourth-order valence-electron chi connectivity index (χ4n) is 3.23. The number of benzene rings is 1. The molecule has 132 valence electrons. The number of likely N-dealkylation sites (N-methyl/N-ethyl adjacent to an activating group) is 1. The molecule has 2 atom stereocenters. The number of anilines is 1. The molecule has 6 nitrogen and oxygen atoms in total. The summed E-state index contributed by atoms with van der Waals surface area (Å²) in [5.74, 6) is -0.192. The van der Waals surface area contributed by atoms with Crippen LogP contribution in [0.1, 0.15) is 25.7 Å². The van der Waals surface area contributed by atoms with Crippen molar-refractivity contribution < 1.29 is 14.3 Å². The van der Waals surface area contributed by atoms with Crippen molar-refractivity contribution in [1.82, 2.24) is 5.32 Å². The Bertz CT molecular complexity index is 559. The molecule has 0 heterocycles. The molecule has 1 aromatic carbocycles. The lowest BCUT2D eigenvalue weighted by atomic mass is 9.78. The summed E-state index contributed by atoms with van der Waals surface area (Å²) < 4.78 is 5.14. The summed E-state index contributed by atoms with van der Waals surface area (Å²) in [5, 5.41) is 2.95. The van der Waals surface area contributed by atoms with Crippen LogP contribution < -0.4 is 20.7 Å². The first-order valence-corrected chi connectivity index (χ1v) is 8.45. The SMILES string of the molecule is COc1ccc(N(C)CCNC(=O)[C@@H]2CCCC[C@@H]2C(N)=O)cc1. The molecule has 0 spiro atoms. The Hall–Kier alpha value is -2.24. The highest BCUT2D eigenvalue weighted by molar-refractivity contribution is 5.87. The van der Waals surface area contributed by atoms with Crippen molar-refractivity contribution in [1.29, 1.82) is 0 Å². The average molecular weight is 333 g/mol. The minimum Gasteiger partial charge on any atom is -0.497 e. The van der Waals surface area contributed by atoms with Crippen LogP contribution in [0.15, 0.2) is 24.3 Å². The monoisotopic (exact) mass is 333 g/mol. The number of nitrogens with one attached hydrogen (secondary N) is 1. The molecule has 1 fully saturated rings. The third-order valence-electron chi connectivity index (χ3n) is 4.73. The molecule has 1 saturated carbocycles. The van der Waals surface area contributed by atoms with Gasteiger partial charge in [0.25, 0.3) is 0 Å². The van der Waals surface area contributed by atoms with Crippen LogP contribution in [0.4, 0.5) is 5.69 Å². The molecule has 0 radical (unpaired) electrons. The molecule has 2 amide bonds. The highest BCUT2D eigenvalue weighted by atomic mass is 16.5. The Morgan fingerprint density at radius 3 is 2.42 bits per heavy atom. The molecule has 0 aliphatic heterocycles. The van der Waals surface area contributed by atoms with Gasteiger partial charge in [0.05, 0.1) is 7.11 Å². The molecule has 0 bridgehead atoms. The minimum absolute atomic E-state index is 0.0540. The van der Waals surface area contributed by atoms with Crippen molar-refractivity contribution in [2.24, 2.45) is 17.6 Å². The van der Waals surface area contributed by atoms with Gasteiger partial charge in [0, 0.05) is 37.7 Å². The van der Waals surface area contributed by atoms with Crippen LogP contribution in [0.25, 0.3) is 0 Å². The molecular formula is C18H27N3O3. The van der Waals surface area contributed by atoms with Crippen LogP contribution in [0.2, 0.25) is 0 Å². The fraction of sp³-hybridized carbons (Fsp3) is 0.556. The van der Waals surface area contributed by atoms with E-state index in [1.54, 1.807) is 7.11 Å². The van der Waals surface area contributed by atoms with Crippen molar-refractivity contribution in [2.45, 2.75) is 25.7 Å². The molecule has 24 heavy (non-hydrogen) atoms. The number of nitrogens with two attached hydrogens (primary N) is 1. The Balaban J connectivity index is 1.81. The summed E-state index contributed by atoms with van der Waals surface area (Å²) in [6.45, 7) is 1.22. The van der Waals surface area contributed by atoms with Crippen molar-refractivity contribution in [3.63, 3.8) is 0 Å². The fourth-order valence-corrected chi connectivity index (χ4v) is 3.23. The standard InChI is InChI=1S/C18H27N3O3/c1-21(13-7-9-14(24-2)10-8-13)12-11-20-18(23)16-6-4-3-5-15(16)17(19)22/h7-10,15-16H,3-6,11-12H2,1-2H3,(H2,19,22)(H,20,23)/t15-,16+/m0/s1. The third-order valence-corrected chi connectivity index (χ3v) is 4.73. The van der Waals surface area contributed by atoms with Crippen LogP contribution >= 0.6 is 0 Å². The van der Waals surface area contributed by atoms with Crippen molar-refractivity contribution in [2.75, 3.05) is 32.1 Å². The maximum Gasteiger partial charge on any atom is 0.223 e. The number of hydrogen-bond donors (Lipinski definition) is 2. The zero-order valence-corrected chi connectivity index (χ0v) is 14.5. The van der Waals surface area contributed by atoms with Crippen LogP contribution in [-0.4, -0.2) is 39.1 Å². The van der Waals surface area contributed by atoms with Gasteiger partial charge in [0.2, 0.25) is 11.8 Å². The number of rotatable bonds is 7. The largest absolute Gasteiger partial charge is 0.497 e. The van der Waals surface area contributed by atoms with Crippen LogP contribution in [0.5, 0.6) is 5.75 Å². The lowest BCUT2D eigenvalue weighted by Gasteiger charge is -2.28. The van der Waals surface area contributed by atoms with E-state index >= 15 is 0 Å². The summed E-state index contributed by atoms with van der Waals surface area (Å²) in [6, 6.07) is 7.77. The first kappa shape index (κ1) is 18.1. The zero-order chi connectivity index (χ0) is 17.5. The van der Waals surface area contributed by atoms with E-state index in [-0.39, 0.29) is 23.7 Å². The lowest BCUT2D eigenvalue weighted by molar-refractivity contribution is -0.134. The van der Waals surface area contributed by atoms with Gasteiger partial charge >= 0.3 is 0 Å². The summed E-state index contributed by atoms with van der Waals surface area (Å²) in [4.78, 5) is 25.9. The predicted octanol–water partition coefficient (Wildman–Crippen LogP) is 1.54. The molecule has 1 aromatic rings. The number of carbonyl (C=O) groups excluding carboxylic acids is 2. The van der Waals surface area contributed by atoms with Crippen molar-refractivity contribution >= 4 is 17.5 Å². The highest BCUT2D eigenvalue weighted by Gasteiger charge is 2.34. The predicted molar refractivity (Wildman–Crippen MR) is 93.9 cm³/mol. The van der Waals surface area contributed by atoms with E-state index in [2.05, 4.69) is 10.2 Å². The molecule has 1 aliphatic rings. The summed E-state index contributed by atoms with van der Waals surface area (Å²) in [6.07, 6.45) is 3.41. The van der Waals surface area contributed by atoms with Gasteiger partial charge in [0.1, 0.15) is 5.75 Å². The summed E-state index contributed by atoms with van der Waals surface area (Å²) in [5.41, 5.74) is 6.49. The highest BCUT2D eigenvalue weighted by Crippen LogP contribution is 2.29. The van der Waals surface area contributed by atoms with E-state index in [1.807, 2.05) is 31.3 Å². The van der Waals surface area contributed by atoms with Gasteiger partial charge in [-0.3, -0.25) is 9.59 Å². The number of methoxy groups -OCH3 is 1. The Morgan fingerprint density at radius 1 is 1.21 bits per heavy atom. The van der Waals surface area contributed by atoms with Gasteiger partial charge in [-0.2, -0.15) is 0 Å². The summed E-state index contributed by atoms with van der Waals surface area (Å²) >= 11 is 0. The van der Waals surface area contributed by atoms with Crippen LogP contribution in [0.3, 0.4) is 0 Å². The molecule has 0 unspecified atom stereocenters. The first-order valence-electron chi connectivity index (χ1n) is 8.45. The van der Waals surface area contributed by atoms with Gasteiger partial charge in [-0.05, 0) is 37.1 Å². The smallest absolute Gasteiger partial charge is 0.223 e. The Labute approximate surface area is 143 Å². The first-order chi connectivity index (χ1) is 11.5. The molecule has 0 saturated heterocycles. The van der Waals surface area contributed by atoms with E-state index in [0.717, 1.165) is 37.1 Å². The molecule has 6 heteroatoms. The van der Waals surface area contributed by atoms with E-state index in [0.29, 0.717) is 13.1 Å². The Morgan fingerprint density at radius 2 is 1.83 bits per heavy atom. The number of amides is 2. The van der Waals surface area contributed by atoms with Crippen LogP contribution in [-0.2, 0) is 9.59 Å². The number of carbonyl (C=O) groups is 2. The molecule has 1 aliphatic carbocycles. The van der Waals surface area contributed by atoms with E-state index in [9.17, 15) is 9.59 Å². The van der Waals surface area contributed by atoms with Gasteiger partial charge in [-0.15, -0.1) is 0 Å². The number of ether oxygens (including phenoxy) is 1. The topological polar surface area (TPSA) is 84.7 Å².